The summed E-state index contributed by atoms with van der Waals surface area (Å²) in [7, 11) is 0. The second-order valence-electron chi connectivity index (χ2n) is 5.16. The van der Waals surface area contributed by atoms with Gasteiger partial charge >= 0.3 is 5.97 Å². The molecule has 0 aliphatic rings. The lowest BCUT2D eigenvalue weighted by Crippen LogP contribution is -2.49. The zero-order valence-corrected chi connectivity index (χ0v) is 13.7. The molecule has 0 heterocycles. The smallest absolute Gasteiger partial charge is 0.305 e. The Morgan fingerprint density at radius 1 is 1.23 bits per heavy atom. The first-order valence-corrected chi connectivity index (χ1v) is 8.30. The first-order valence-electron chi connectivity index (χ1n) is 7.32. The molecule has 0 unspecified atom stereocenters. The van der Waals surface area contributed by atoms with Gasteiger partial charge in [0.15, 0.2) is 0 Å². The molecule has 22 heavy (non-hydrogen) atoms. The molecule has 1 aromatic rings. The Labute approximate surface area is 134 Å². The van der Waals surface area contributed by atoms with Crippen LogP contribution in [0.5, 0.6) is 0 Å². The third-order valence-corrected chi connectivity index (χ3v) is 4.67. The van der Waals surface area contributed by atoms with E-state index in [1.807, 2.05) is 13.8 Å². The van der Waals surface area contributed by atoms with Crippen molar-refractivity contribution in [3.8, 4) is 0 Å². The number of halogens is 1. The van der Waals surface area contributed by atoms with Gasteiger partial charge in [-0.05, 0) is 37.1 Å². The fraction of sp³-hybridized carbons (Fsp3) is 0.500. The summed E-state index contributed by atoms with van der Waals surface area (Å²) >= 11 is 1.47. The Morgan fingerprint density at radius 3 is 2.32 bits per heavy atom. The summed E-state index contributed by atoms with van der Waals surface area (Å²) in [5, 5.41) is 11.8. The Balaban J connectivity index is 2.46. The van der Waals surface area contributed by atoms with Crippen LogP contribution in [0, 0.1) is 5.82 Å². The van der Waals surface area contributed by atoms with Gasteiger partial charge in [0.2, 0.25) is 5.91 Å². The molecule has 122 valence electrons. The van der Waals surface area contributed by atoms with Crippen molar-refractivity contribution in [3.63, 3.8) is 0 Å². The lowest BCUT2D eigenvalue weighted by Gasteiger charge is -2.31. The van der Waals surface area contributed by atoms with Gasteiger partial charge in [-0.2, -0.15) is 0 Å². The average Bonchev–Trinajstić information content (AvgIpc) is 2.48. The molecule has 1 amide bonds. The number of amides is 1. The summed E-state index contributed by atoms with van der Waals surface area (Å²) < 4.78 is 12.8. The van der Waals surface area contributed by atoms with Crippen LogP contribution in [0.25, 0.3) is 0 Å². The van der Waals surface area contributed by atoms with E-state index in [1.54, 1.807) is 12.1 Å². The van der Waals surface area contributed by atoms with E-state index in [0.29, 0.717) is 25.0 Å². The van der Waals surface area contributed by atoms with Crippen LogP contribution in [0.1, 0.15) is 39.5 Å². The number of benzene rings is 1. The van der Waals surface area contributed by atoms with Crippen molar-refractivity contribution in [3.05, 3.63) is 30.1 Å². The maximum absolute atomic E-state index is 12.8. The quantitative estimate of drug-likeness (QED) is 0.682. The van der Waals surface area contributed by atoms with E-state index >= 15 is 0 Å². The van der Waals surface area contributed by atoms with Crippen molar-refractivity contribution in [2.75, 3.05) is 5.75 Å². The van der Waals surface area contributed by atoms with Crippen LogP contribution >= 0.6 is 11.8 Å². The number of carboxylic acid groups (broad SMARTS) is 1. The lowest BCUT2D eigenvalue weighted by atomic mass is 9.89. The largest absolute Gasteiger partial charge is 0.481 e. The fourth-order valence-electron chi connectivity index (χ4n) is 2.16. The summed E-state index contributed by atoms with van der Waals surface area (Å²) in [5.74, 6) is -0.788. The molecular formula is C16H22FNO3S. The number of aliphatic carboxylic acids is 1. The van der Waals surface area contributed by atoms with Gasteiger partial charge in [0.05, 0.1) is 6.42 Å². The van der Waals surface area contributed by atoms with Crippen molar-refractivity contribution in [2.24, 2.45) is 0 Å². The summed E-state index contributed by atoms with van der Waals surface area (Å²) in [5.41, 5.74) is -0.677. The molecule has 0 aliphatic heterocycles. The highest BCUT2D eigenvalue weighted by Gasteiger charge is 2.30. The Hall–Kier alpha value is -1.56. The molecule has 1 rings (SSSR count). The van der Waals surface area contributed by atoms with Gasteiger partial charge < -0.3 is 10.4 Å². The van der Waals surface area contributed by atoms with Crippen LogP contribution in [-0.2, 0) is 9.59 Å². The van der Waals surface area contributed by atoms with E-state index in [-0.39, 0.29) is 18.1 Å². The number of nitrogens with one attached hydrogen (secondary N) is 1. The molecule has 6 heteroatoms. The fourth-order valence-corrected chi connectivity index (χ4v) is 3.01. The number of hydrogen-bond acceptors (Lipinski definition) is 3. The summed E-state index contributed by atoms with van der Waals surface area (Å²) in [6, 6.07) is 6.11. The van der Waals surface area contributed by atoms with Crippen LogP contribution in [0.2, 0.25) is 0 Å². The van der Waals surface area contributed by atoms with E-state index in [9.17, 15) is 14.0 Å². The number of rotatable bonds is 9. The third kappa shape index (κ3) is 6.05. The molecule has 0 saturated carbocycles. The molecule has 0 radical (unpaired) electrons. The van der Waals surface area contributed by atoms with Crippen LogP contribution < -0.4 is 5.32 Å². The molecule has 2 N–H and O–H groups in total. The minimum atomic E-state index is -0.912. The highest BCUT2D eigenvalue weighted by molar-refractivity contribution is 7.99. The van der Waals surface area contributed by atoms with Gasteiger partial charge in [0, 0.05) is 22.6 Å². The zero-order chi connectivity index (χ0) is 16.6. The van der Waals surface area contributed by atoms with E-state index in [4.69, 9.17) is 5.11 Å². The SMILES string of the molecule is CCC(CC)(CC(=O)O)NC(=O)CCSc1ccc(F)cc1. The molecule has 4 nitrogen and oxygen atoms in total. The van der Waals surface area contributed by atoms with Gasteiger partial charge in [-0.1, -0.05) is 13.8 Å². The highest BCUT2D eigenvalue weighted by atomic mass is 32.2. The molecule has 0 atom stereocenters. The van der Waals surface area contributed by atoms with Crippen molar-refractivity contribution in [1.82, 2.24) is 5.32 Å². The molecule has 0 aliphatic carbocycles. The van der Waals surface area contributed by atoms with Gasteiger partial charge in [-0.3, -0.25) is 9.59 Å². The number of carboxylic acids is 1. The molecular weight excluding hydrogens is 305 g/mol. The van der Waals surface area contributed by atoms with Crippen LogP contribution in [-0.4, -0.2) is 28.3 Å². The summed E-state index contributed by atoms with van der Waals surface area (Å²) in [4.78, 5) is 23.9. The normalized spacial score (nSPS) is 11.2. The van der Waals surface area contributed by atoms with Crippen molar-refractivity contribution in [1.29, 1.82) is 0 Å². The summed E-state index contributed by atoms with van der Waals surface area (Å²) in [6.07, 6.45) is 1.37. The van der Waals surface area contributed by atoms with Gasteiger partial charge in [0.1, 0.15) is 5.82 Å². The number of carbonyl (C=O) groups is 2. The predicted octanol–water partition coefficient (Wildman–Crippen LogP) is 3.46. The number of carbonyl (C=O) groups excluding carboxylic acids is 1. The van der Waals surface area contributed by atoms with E-state index < -0.39 is 11.5 Å². The van der Waals surface area contributed by atoms with Crippen molar-refractivity contribution < 1.29 is 19.1 Å². The molecule has 0 spiro atoms. The molecule has 1 aromatic carbocycles. The maximum atomic E-state index is 12.8. The van der Waals surface area contributed by atoms with Crippen molar-refractivity contribution >= 4 is 23.6 Å². The van der Waals surface area contributed by atoms with Crippen LogP contribution in [0.4, 0.5) is 4.39 Å². The van der Waals surface area contributed by atoms with Crippen LogP contribution in [0.15, 0.2) is 29.2 Å². The summed E-state index contributed by atoms with van der Waals surface area (Å²) in [6.45, 7) is 3.75. The monoisotopic (exact) mass is 327 g/mol. The third-order valence-electron chi connectivity index (χ3n) is 3.66. The first-order chi connectivity index (χ1) is 10.4. The van der Waals surface area contributed by atoms with Gasteiger partial charge in [-0.15, -0.1) is 11.8 Å². The van der Waals surface area contributed by atoms with E-state index in [2.05, 4.69) is 5.32 Å². The Kier molecular flexibility index (Phi) is 7.38. The van der Waals surface area contributed by atoms with Crippen molar-refractivity contribution in [2.45, 2.75) is 50.0 Å². The molecule has 0 saturated heterocycles. The highest BCUT2D eigenvalue weighted by Crippen LogP contribution is 2.22. The Bertz CT molecular complexity index is 501. The predicted molar refractivity (Wildman–Crippen MR) is 85.4 cm³/mol. The van der Waals surface area contributed by atoms with Crippen LogP contribution in [0.3, 0.4) is 0 Å². The number of hydrogen-bond donors (Lipinski definition) is 2. The second-order valence-corrected chi connectivity index (χ2v) is 6.33. The molecule has 0 bridgehead atoms. The van der Waals surface area contributed by atoms with E-state index in [1.165, 1.54) is 23.9 Å². The zero-order valence-electron chi connectivity index (χ0n) is 12.9. The first kappa shape index (κ1) is 18.5. The van der Waals surface area contributed by atoms with Gasteiger partial charge in [0.25, 0.3) is 0 Å². The maximum Gasteiger partial charge on any atom is 0.305 e. The lowest BCUT2D eigenvalue weighted by molar-refractivity contribution is -0.139. The Morgan fingerprint density at radius 2 is 1.82 bits per heavy atom. The average molecular weight is 327 g/mol. The topological polar surface area (TPSA) is 66.4 Å². The second kappa shape index (κ2) is 8.78. The minimum Gasteiger partial charge on any atom is -0.481 e. The van der Waals surface area contributed by atoms with Gasteiger partial charge in [-0.25, -0.2) is 4.39 Å². The molecule has 0 aromatic heterocycles. The number of thioether (sulfide) groups is 1. The van der Waals surface area contributed by atoms with E-state index in [0.717, 1.165) is 4.90 Å². The standard InChI is InChI=1S/C16H22FNO3S/c1-3-16(4-2,11-15(20)21)18-14(19)9-10-22-13-7-5-12(17)6-8-13/h5-8H,3-4,9-11H2,1-2H3,(H,18,19)(H,20,21). The minimum absolute atomic E-state index is 0.0726. The molecule has 0 fully saturated rings.